The summed E-state index contributed by atoms with van der Waals surface area (Å²) < 4.78 is 1.74. The van der Waals surface area contributed by atoms with Gasteiger partial charge in [-0.15, -0.1) is 0 Å². The van der Waals surface area contributed by atoms with Crippen LogP contribution < -0.4 is 10.2 Å². The summed E-state index contributed by atoms with van der Waals surface area (Å²) in [5.74, 6) is -0.0767. The number of rotatable bonds is 9. The number of piperazine rings is 1. The first-order valence-electron chi connectivity index (χ1n) is 11.7. The number of nitrogens with one attached hydrogen (secondary N) is 1. The fourth-order valence-corrected chi connectivity index (χ4v) is 4.38. The number of carbonyl (C=O) groups excluding carboxylic acids is 1. The lowest BCUT2D eigenvalue weighted by atomic mass is 10.2. The molecule has 2 aromatic carbocycles. The standard InChI is InChI=1S/C26H32ClN5O/c1-21-7-6-9-24(17-21)31-15-13-30(14-16-31)12-5-4-11-28-26(33)23-18-29-32(20-23)19-22-8-2-3-10-25(22)27/h2-3,6-10,17-18,20H,4-5,11-16,19H2,1H3,(H,28,33). The van der Waals surface area contributed by atoms with Crippen LogP contribution in [0.5, 0.6) is 0 Å². The lowest BCUT2D eigenvalue weighted by molar-refractivity contribution is 0.0952. The highest BCUT2D eigenvalue weighted by molar-refractivity contribution is 6.31. The molecule has 3 aromatic rings. The van der Waals surface area contributed by atoms with Gasteiger partial charge in [0.15, 0.2) is 0 Å². The summed E-state index contributed by atoms with van der Waals surface area (Å²) in [4.78, 5) is 17.4. The highest BCUT2D eigenvalue weighted by Gasteiger charge is 2.17. The smallest absolute Gasteiger partial charge is 0.254 e. The first-order valence-corrected chi connectivity index (χ1v) is 12.0. The molecule has 4 rings (SSSR count). The van der Waals surface area contributed by atoms with E-state index in [0.717, 1.165) is 51.1 Å². The van der Waals surface area contributed by atoms with E-state index in [9.17, 15) is 4.79 Å². The minimum Gasteiger partial charge on any atom is -0.369 e. The molecular weight excluding hydrogens is 434 g/mol. The minimum atomic E-state index is -0.0767. The second kappa shape index (κ2) is 11.3. The molecule has 0 unspecified atom stereocenters. The number of hydrogen-bond donors (Lipinski definition) is 1. The second-order valence-electron chi connectivity index (χ2n) is 8.65. The average Bonchev–Trinajstić information content (AvgIpc) is 3.29. The molecular formula is C26H32ClN5O. The van der Waals surface area contributed by atoms with Crippen molar-refractivity contribution in [3.8, 4) is 0 Å². The number of amides is 1. The van der Waals surface area contributed by atoms with Gasteiger partial charge in [0.05, 0.1) is 18.3 Å². The molecule has 1 aliphatic rings. The summed E-state index contributed by atoms with van der Waals surface area (Å²) in [6.07, 6.45) is 5.43. The van der Waals surface area contributed by atoms with Gasteiger partial charge in [0.25, 0.3) is 5.91 Å². The summed E-state index contributed by atoms with van der Waals surface area (Å²) >= 11 is 6.21. The molecule has 0 saturated carbocycles. The minimum absolute atomic E-state index is 0.0767. The fraction of sp³-hybridized carbons (Fsp3) is 0.385. The van der Waals surface area contributed by atoms with Gasteiger partial charge >= 0.3 is 0 Å². The molecule has 1 amide bonds. The Hall–Kier alpha value is -2.83. The maximum absolute atomic E-state index is 12.4. The zero-order valence-corrected chi connectivity index (χ0v) is 20.0. The molecule has 1 saturated heterocycles. The third-order valence-corrected chi connectivity index (χ3v) is 6.48. The van der Waals surface area contributed by atoms with Crippen LogP contribution in [0, 0.1) is 6.92 Å². The summed E-state index contributed by atoms with van der Waals surface area (Å²) in [5.41, 5.74) is 4.20. The molecule has 0 radical (unpaired) electrons. The van der Waals surface area contributed by atoms with Crippen LogP contribution in [-0.4, -0.2) is 59.9 Å². The van der Waals surface area contributed by atoms with Gasteiger partial charge in [-0.3, -0.25) is 14.4 Å². The first kappa shape index (κ1) is 23.3. The van der Waals surface area contributed by atoms with E-state index in [1.54, 1.807) is 17.1 Å². The van der Waals surface area contributed by atoms with Crippen LogP contribution >= 0.6 is 11.6 Å². The molecule has 0 bridgehead atoms. The molecule has 0 spiro atoms. The van der Waals surface area contributed by atoms with E-state index in [1.807, 2.05) is 24.3 Å². The maximum Gasteiger partial charge on any atom is 0.254 e. The van der Waals surface area contributed by atoms with Gasteiger partial charge in [0.2, 0.25) is 0 Å². The number of unbranched alkanes of at least 4 members (excludes halogenated alkanes) is 1. The topological polar surface area (TPSA) is 53.4 Å². The molecule has 2 heterocycles. The van der Waals surface area contributed by atoms with E-state index in [0.29, 0.717) is 23.7 Å². The van der Waals surface area contributed by atoms with Crippen LogP contribution in [0.3, 0.4) is 0 Å². The molecule has 174 valence electrons. The van der Waals surface area contributed by atoms with Crippen LogP contribution in [0.1, 0.15) is 34.3 Å². The van der Waals surface area contributed by atoms with Crippen molar-refractivity contribution >= 4 is 23.2 Å². The van der Waals surface area contributed by atoms with Crippen molar-refractivity contribution < 1.29 is 4.79 Å². The SMILES string of the molecule is Cc1cccc(N2CCN(CCCCNC(=O)c3cnn(Cc4ccccc4Cl)c3)CC2)c1. The van der Waals surface area contributed by atoms with E-state index < -0.39 is 0 Å². The van der Waals surface area contributed by atoms with Crippen LogP contribution in [0.4, 0.5) is 5.69 Å². The monoisotopic (exact) mass is 465 g/mol. The Labute approximate surface area is 201 Å². The molecule has 0 atom stereocenters. The predicted octanol–water partition coefficient (Wildman–Crippen LogP) is 4.23. The van der Waals surface area contributed by atoms with Crippen molar-refractivity contribution in [1.82, 2.24) is 20.0 Å². The van der Waals surface area contributed by atoms with Crippen molar-refractivity contribution in [2.75, 3.05) is 44.2 Å². The lowest BCUT2D eigenvalue weighted by Crippen LogP contribution is -2.46. The van der Waals surface area contributed by atoms with E-state index in [4.69, 9.17) is 11.6 Å². The van der Waals surface area contributed by atoms with E-state index >= 15 is 0 Å². The number of anilines is 1. The number of aryl methyl sites for hydroxylation is 1. The van der Waals surface area contributed by atoms with Crippen molar-refractivity contribution in [3.05, 3.63) is 82.6 Å². The van der Waals surface area contributed by atoms with Gasteiger partial charge in [-0.05, 0) is 55.6 Å². The first-order chi connectivity index (χ1) is 16.1. The fourth-order valence-electron chi connectivity index (χ4n) is 4.19. The Bertz CT molecular complexity index is 1060. The highest BCUT2D eigenvalue weighted by Crippen LogP contribution is 2.18. The quantitative estimate of drug-likeness (QED) is 0.480. The van der Waals surface area contributed by atoms with Crippen LogP contribution in [-0.2, 0) is 6.54 Å². The molecule has 7 heteroatoms. The molecule has 33 heavy (non-hydrogen) atoms. The van der Waals surface area contributed by atoms with E-state index in [1.165, 1.54) is 11.3 Å². The van der Waals surface area contributed by atoms with Crippen molar-refractivity contribution in [1.29, 1.82) is 0 Å². The zero-order chi connectivity index (χ0) is 23.0. The number of benzene rings is 2. The summed E-state index contributed by atoms with van der Waals surface area (Å²) in [6, 6.07) is 16.4. The largest absolute Gasteiger partial charge is 0.369 e. The van der Waals surface area contributed by atoms with Gasteiger partial charge in [-0.1, -0.05) is 41.9 Å². The Kier molecular flexibility index (Phi) is 8.02. The summed E-state index contributed by atoms with van der Waals surface area (Å²) in [7, 11) is 0. The van der Waals surface area contributed by atoms with Gasteiger partial charge in [-0.25, -0.2) is 0 Å². The van der Waals surface area contributed by atoms with E-state index in [-0.39, 0.29) is 5.91 Å². The molecule has 1 N–H and O–H groups in total. The predicted molar refractivity (Wildman–Crippen MR) is 134 cm³/mol. The third-order valence-electron chi connectivity index (χ3n) is 6.11. The maximum atomic E-state index is 12.4. The van der Waals surface area contributed by atoms with Crippen molar-refractivity contribution in [2.24, 2.45) is 0 Å². The Morgan fingerprint density at radius 2 is 1.88 bits per heavy atom. The molecule has 0 aliphatic carbocycles. The number of nitrogens with zero attached hydrogens (tertiary/aromatic N) is 4. The summed E-state index contributed by atoms with van der Waals surface area (Å²) in [6.45, 7) is 8.76. The Morgan fingerprint density at radius 3 is 2.67 bits per heavy atom. The third kappa shape index (κ3) is 6.59. The summed E-state index contributed by atoms with van der Waals surface area (Å²) in [5, 5.41) is 8.02. The second-order valence-corrected chi connectivity index (χ2v) is 9.06. The van der Waals surface area contributed by atoms with E-state index in [2.05, 4.69) is 51.4 Å². The van der Waals surface area contributed by atoms with Crippen LogP contribution in [0.2, 0.25) is 5.02 Å². The molecule has 1 aliphatic heterocycles. The lowest BCUT2D eigenvalue weighted by Gasteiger charge is -2.36. The number of hydrogen-bond acceptors (Lipinski definition) is 4. The van der Waals surface area contributed by atoms with Crippen molar-refractivity contribution in [3.63, 3.8) is 0 Å². The average molecular weight is 466 g/mol. The molecule has 1 aromatic heterocycles. The normalized spacial score (nSPS) is 14.4. The van der Waals surface area contributed by atoms with Gasteiger partial charge < -0.3 is 10.2 Å². The number of carbonyl (C=O) groups is 1. The van der Waals surface area contributed by atoms with Gasteiger partial charge in [-0.2, -0.15) is 5.10 Å². The highest BCUT2D eigenvalue weighted by atomic mass is 35.5. The number of aromatic nitrogens is 2. The molecule has 6 nitrogen and oxygen atoms in total. The van der Waals surface area contributed by atoms with Crippen LogP contribution in [0.25, 0.3) is 0 Å². The zero-order valence-electron chi connectivity index (χ0n) is 19.2. The number of halogens is 1. The van der Waals surface area contributed by atoms with Crippen LogP contribution in [0.15, 0.2) is 60.9 Å². The Balaban J connectivity index is 1.12. The van der Waals surface area contributed by atoms with Gasteiger partial charge in [0, 0.05) is 49.6 Å². The molecule has 1 fully saturated rings. The van der Waals surface area contributed by atoms with Gasteiger partial charge in [0.1, 0.15) is 0 Å². The van der Waals surface area contributed by atoms with Crippen molar-refractivity contribution in [2.45, 2.75) is 26.3 Å². The Morgan fingerprint density at radius 1 is 1.06 bits per heavy atom.